The zero-order valence-electron chi connectivity index (χ0n) is 11.2. The molecule has 2 unspecified atom stereocenters. The van der Waals surface area contributed by atoms with Crippen molar-refractivity contribution in [3.63, 3.8) is 0 Å². The lowest BCUT2D eigenvalue weighted by Crippen LogP contribution is -2.34. The number of carbonyl (C=O) groups is 1. The van der Waals surface area contributed by atoms with Gasteiger partial charge in [0.1, 0.15) is 5.75 Å². The third-order valence-electron chi connectivity index (χ3n) is 3.78. The number of carbonyl (C=O) groups excluding carboxylic acids is 1. The van der Waals surface area contributed by atoms with Gasteiger partial charge in [-0.2, -0.15) is 0 Å². The summed E-state index contributed by atoms with van der Waals surface area (Å²) in [5.41, 5.74) is 12.4. The summed E-state index contributed by atoms with van der Waals surface area (Å²) in [5, 5.41) is 0. The third-order valence-corrected chi connectivity index (χ3v) is 3.78. The Balaban J connectivity index is 2.19. The van der Waals surface area contributed by atoms with Crippen LogP contribution in [0.1, 0.15) is 18.0 Å². The molecule has 2 atom stereocenters. The van der Waals surface area contributed by atoms with Crippen LogP contribution in [0.2, 0.25) is 0 Å². The van der Waals surface area contributed by atoms with Gasteiger partial charge in [-0.25, -0.2) is 0 Å². The van der Waals surface area contributed by atoms with Crippen molar-refractivity contribution in [2.45, 2.75) is 12.5 Å². The van der Waals surface area contributed by atoms with Crippen LogP contribution in [0.4, 0.5) is 0 Å². The number of nitrogens with two attached hydrogens (primary N) is 2. The topological polar surface area (TPSA) is 81.6 Å². The first kappa shape index (κ1) is 13.8. The molecule has 2 rings (SSSR count). The Morgan fingerprint density at radius 2 is 2.26 bits per heavy atom. The molecule has 1 amide bonds. The Hall–Kier alpha value is -1.59. The van der Waals surface area contributed by atoms with E-state index in [1.807, 2.05) is 24.3 Å². The number of hydrogen-bond donors (Lipinski definition) is 2. The van der Waals surface area contributed by atoms with Crippen LogP contribution in [0.25, 0.3) is 0 Å². The highest BCUT2D eigenvalue weighted by Gasteiger charge is 2.32. The maximum Gasteiger partial charge on any atom is 0.221 e. The van der Waals surface area contributed by atoms with Gasteiger partial charge in [-0.05, 0) is 19.0 Å². The molecule has 0 spiro atoms. The number of likely N-dealkylation sites (tertiary alicyclic amines) is 1. The summed E-state index contributed by atoms with van der Waals surface area (Å²) in [6, 6.07) is 7.93. The van der Waals surface area contributed by atoms with E-state index in [0.717, 1.165) is 24.3 Å². The van der Waals surface area contributed by atoms with Gasteiger partial charge in [0.05, 0.1) is 19.1 Å². The first-order chi connectivity index (χ1) is 9.17. The monoisotopic (exact) mass is 263 g/mol. The van der Waals surface area contributed by atoms with Crippen molar-refractivity contribution in [2.75, 3.05) is 26.7 Å². The number of rotatable bonds is 5. The predicted octanol–water partition coefficient (Wildman–Crippen LogP) is 0.502. The van der Waals surface area contributed by atoms with E-state index in [1.165, 1.54) is 0 Å². The first-order valence-electron chi connectivity index (χ1n) is 6.53. The largest absolute Gasteiger partial charge is 0.496 e. The SMILES string of the molecule is COc1ccccc1C(CN)N1CCC(C(N)=O)C1. The van der Waals surface area contributed by atoms with Gasteiger partial charge in [-0.1, -0.05) is 18.2 Å². The number of methoxy groups -OCH3 is 1. The summed E-state index contributed by atoms with van der Waals surface area (Å²) in [5.74, 6) is 0.544. The van der Waals surface area contributed by atoms with E-state index in [0.29, 0.717) is 13.1 Å². The molecule has 1 aromatic rings. The minimum absolute atomic E-state index is 0.0660. The molecule has 5 nitrogen and oxygen atoms in total. The van der Waals surface area contributed by atoms with Crippen LogP contribution in [0.3, 0.4) is 0 Å². The van der Waals surface area contributed by atoms with Gasteiger partial charge in [-0.3, -0.25) is 9.69 Å². The molecular formula is C14H21N3O2. The molecule has 1 aliphatic rings. The molecule has 0 saturated carbocycles. The summed E-state index contributed by atoms with van der Waals surface area (Å²) in [7, 11) is 1.66. The summed E-state index contributed by atoms with van der Waals surface area (Å²) >= 11 is 0. The fraction of sp³-hybridized carbons (Fsp3) is 0.500. The van der Waals surface area contributed by atoms with Crippen molar-refractivity contribution in [2.24, 2.45) is 17.4 Å². The second-order valence-corrected chi connectivity index (χ2v) is 4.88. The number of hydrogen-bond acceptors (Lipinski definition) is 4. The summed E-state index contributed by atoms with van der Waals surface area (Å²) in [4.78, 5) is 13.5. The summed E-state index contributed by atoms with van der Waals surface area (Å²) in [6.45, 7) is 2.01. The number of amides is 1. The van der Waals surface area contributed by atoms with Gasteiger partial charge in [-0.15, -0.1) is 0 Å². The molecule has 1 saturated heterocycles. The fourth-order valence-electron chi connectivity index (χ4n) is 2.72. The first-order valence-corrected chi connectivity index (χ1v) is 6.53. The summed E-state index contributed by atoms with van der Waals surface area (Å²) < 4.78 is 5.39. The minimum atomic E-state index is -0.224. The Labute approximate surface area is 113 Å². The highest BCUT2D eigenvalue weighted by molar-refractivity contribution is 5.77. The Bertz CT molecular complexity index is 450. The highest BCUT2D eigenvalue weighted by Crippen LogP contribution is 2.32. The lowest BCUT2D eigenvalue weighted by Gasteiger charge is -2.28. The van der Waals surface area contributed by atoms with Crippen LogP contribution < -0.4 is 16.2 Å². The molecule has 1 heterocycles. The number of benzene rings is 1. The van der Waals surface area contributed by atoms with Gasteiger partial charge >= 0.3 is 0 Å². The molecule has 19 heavy (non-hydrogen) atoms. The smallest absolute Gasteiger partial charge is 0.221 e. The van der Waals surface area contributed by atoms with E-state index in [9.17, 15) is 4.79 Å². The van der Waals surface area contributed by atoms with E-state index >= 15 is 0 Å². The lowest BCUT2D eigenvalue weighted by molar-refractivity contribution is -0.121. The van der Waals surface area contributed by atoms with Crippen molar-refractivity contribution in [1.82, 2.24) is 4.90 Å². The maximum absolute atomic E-state index is 11.3. The maximum atomic E-state index is 11.3. The van der Waals surface area contributed by atoms with E-state index in [4.69, 9.17) is 16.2 Å². The third kappa shape index (κ3) is 2.88. The van der Waals surface area contributed by atoms with E-state index < -0.39 is 0 Å². The molecule has 1 fully saturated rings. The number of ether oxygens (including phenoxy) is 1. The fourth-order valence-corrected chi connectivity index (χ4v) is 2.72. The average molecular weight is 263 g/mol. The van der Waals surface area contributed by atoms with Crippen LogP contribution in [-0.4, -0.2) is 37.6 Å². The molecule has 0 aliphatic carbocycles. The second-order valence-electron chi connectivity index (χ2n) is 4.88. The Morgan fingerprint density at radius 3 is 2.84 bits per heavy atom. The number of para-hydroxylation sites is 1. The minimum Gasteiger partial charge on any atom is -0.496 e. The van der Waals surface area contributed by atoms with Crippen molar-refractivity contribution in [3.05, 3.63) is 29.8 Å². The van der Waals surface area contributed by atoms with Gasteiger partial charge in [0.2, 0.25) is 5.91 Å². The highest BCUT2D eigenvalue weighted by atomic mass is 16.5. The molecule has 5 heteroatoms. The molecule has 1 aromatic carbocycles. The van der Waals surface area contributed by atoms with Crippen molar-refractivity contribution < 1.29 is 9.53 Å². The van der Waals surface area contributed by atoms with Crippen LogP contribution in [0.5, 0.6) is 5.75 Å². The molecular weight excluding hydrogens is 242 g/mol. The molecule has 4 N–H and O–H groups in total. The van der Waals surface area contributed by atoms with Gasteiger partial charge in [0, 0.05) is 18.7 Å². The molecule has 1 aliphatic heterocycles. The van der Waals surface area contributed by atoms with E-state index in [1.54, 1.807) is 7.11 Å². The zero-order valence-corrected chi connectivity index (χ0v) is 11.2. The average Bonchev–Trinajstić information content (AvgIpc) is 2.90. The van der Waals surface area contributed by atoms with Gasteiger partial charge in [0.15, 0.2) is 0 Å². The van der Waals surface area contributed by atoms with Crippen LogP contribution in [0, 0.1) is 5.92 Å². The van der Waals surface area contributed by atoms with Crippen LogP contribution in [-0.2, 0) is 4.79 Å². The van der Waals surface area contributed by atoms with Gasteiger partial charge in [0.25, 0.3) is 0 Å². The van der Waals surface area contributed by atoms with Crippen molar-refractivity contribution in [3.8, 4) is 5.75 Å². The molecule has 0 radical (unpaired) electrons. The Morgan fingerprint density at radius 1 is 1.53 bits per heavy atom. The predicted molar refractivity (Wildman–Crippen MR) is 73.7 cm³/mol. The lowest BCUT2D eigenvalue weighted by atomic mass is 10.0. The van der Waals surface area contributed by atoms with Crippen LogP contribution >= 0.6 is 0 Å². The van der Waals surface area contributed by atoms with E-state index in [-0.39, 0.29) is 17.9 Å². The standard InChI is InChI=1S/C14H21N3O2/c1-19-13-5-3-2-4-11(13)12(8-15)17-7-6-10(9-17)14(16)18/h2-5,10,12H,6-9,15H2,1H3,(H2,16,18). The normalized spacial score (nSPS) is 21.3. The van der Waals surface area contributed by atoms with Crippen molar-refractivity contribution >= 4 is 5.91 Å². The quantitative estimate of drug-likeness (QED) is 0.810. The number of nitrogens with zero attached hydrogens (tertiary/aromatic N) is 1. The molecule has 0 aromatic heterocycles. The van der Waals surface area contributed by atoms with Crippen molar-refractivity contribution in [1.29, 1.82) is 0 Å². The zero-order chi connectivity index (χ0) is 13.8. The van der Waals surface area contributed by atoms with Crippen LogP contribution in [0.15, 0.2) is 24.3 Å². The second kappa shape index (κ2) is 6.04. The van der Waals surface area contributed by atoms with Gasteiger partial charge < -0.3 is 16.2 Å². The number of primary amides is 1. The molecule has 0 bridgehead atoms. The Kier molecular flexibility index (Phi) is 4.39. The molecule has 104 valence electrons. The van der Waals surface area contributed by atoms with E-state index in [2.05, 4.69) is 4.90 Å². The summed E-state index contributed by atoms with van der Waals surface area (Å²) in [6.07, 6.45) is 0.807.